The minimum absolute atomic E-state index is 0.0902. The average Bonchev–Trinajstić information content (AvgIpc) is 2.83. The molecule has 0 aliphatic rings. The number of ether oxygens (including phenoxy) is 2. The normalized spacial score (nSPS) is 10.7. The smallest absolute Gasteiger partial charge is 0.266 e. The predicted molar refractivity (Wildman–Crippen MR) is 126 cm³/mol. The summed E-state index contributed by atoms with van der Waals surface area (Å²) in [7, 11) is 3.17. The number of nitrogens with zero attached hydrogens (tertiary/aromatic N) is 2. The van der Waals surface area contributed by atoms with E-state index < -0.39 is 0 Å². The van der Waals surface area contributed by atoms with E-state index in [4.69, 9.17) is 9.47 Å². The summed E-state index contributed by atoms with van der Waals surface area (Å²) in [5.74, 6) is 1.28. The molecule has 4 rings (SSSR count). The van der Waals surface area contributed by atoms with Crippen LogP contribution in [0.25, 0.3) is 16.6 Å². The van der Waals surface area contributed by atoms with Crippen molar-refractivity contribution in [3.63, 3.8) is 0 Å². The highest BCUT2D eigenvalue weighted by atomic mass is 32.2. The van der Waals surface area contributed by atoms with Crippen LogP contribution in [0.4, 0.5) is 5.69 Å². The number of para-hydroxylation sites is 1. The molecule has 0 bridgehead atoms. The van der Waals surface area contributed by atoms with Gasteiger partial charge in [-0.25, -0.2) is 4.98 Å². The number of amides is 1. The van der Waals surface area contributed by atoms with Crippen LogP contribution >= 0.6 is 11.8 Å². The Labute approximate surface area is 189 Å². The highest BCUT2D eigenvalue weighted by Crippen LogP contribution is 2.23. The van der Waals surface area contributed by atoms with Gasteiger partial charge < -0.3 is 14.8 Å². The highest BCUT2D eigenvalue weighted by molar-refractivity contribution is 7.99. The maximum absolute atomic E-state index is 13.3. The van der Waals surface area contributed by atoms with E-state index in [9.17, 15) is 9.59 Å². The second kappa shape index (κ2) is 9.57. The first kappa shape index (κ1) is 21.5. The Morgan fingerprint density at radius 2 is 1.56 bits per heavy atom. The number of methoxy groups -OCH3 is 2. The van der Waals surface area contributed by atoms with Crippen molar-refractivity contribution in [3.8, 4) is 17.2 Å². The second-order valence-electron chi connectivity index (χ2n) is 6.82. The summed E-state index contributed by atoms with van der Waals surface area (Å²) in [4.78, 5) is 30.4. The molecule has 0 unspecified atom stereocenters. The van der Waals surface area contributed by atoms with Gasteiger partial charge in [0.1, 0.15) is 11.5 Å². The fourth-order valence-electron chi connectivity index (χ4n) is 3.17. The van der Waals surface area contributed by atoms with Gasteiger partial charge in [0.05, 0.1) is 36.6 Å². The molecule has 0 saturated carbocycles. The van der Waals surface area contributed by atoms with E-state index in [-0.39, 0.29) is 17.2 Å². The third-order valence-corrected chi connectivity index (χ3v) is 5.72. The topological polar surface area (TPSA) is 82.5 Å². The van der Waals surface area contributed by atoms with E-state index in [1.54, 1.807) is 80.9 Å². The van der Waals surface area contributed by atoms with Gasteiger partial charge in [-0.2, -0.15) is 0 Å². The molecule has 0 spiro atoms. The van der Waals surface area contributed by atoms with Crippen LogP contribution in [-0.2, 0) is 4.79 Å². The monoisotopic (exact) mass is 447 g/mol. The SMILES string of the molecule is COc1ccc(NC(=O)CSc2nc3ccccc3c(=O)n2-c2ccc(OC)cc2)cc1. The summed E-state index contributed by atoms with van der Waals surface area (Å²) in [6.45, 7) is 0. The molecular weight excluding hydrogens is 426 g/mol. The van der Waals surface area contributed by atoms with Crippen LogP contribution in [0.1, 0.15) is 0 Å². The van der Waals surface area contributed by atoms with Crippen molar-refractivity contribution in [2.75, 3.05) is 25.3 Å². The largest absolute Gasteiger partial charge is 0.497 e. The molecule has 1 heterocycles. The lowest BCUT2D eigenvalue weighted by Gasteiger charge is -2.13. The van der Waals surface area contributed by atoms with Gasteiger partial charge >= 0.3 is 0 Å². The molecule has 0 aliphatic heterocycles. The summed E-state index contributed by atoms with van der Waals surface area (Å²) in [6, 6.07) is 21.4. The van der Waals surface area contributed by atoms with E-state index in [0.717, 1.165) is 0 Å². The zero-order valence-electron chi connectivity index (χ0n) is 17.6. The number of anilines is 1. The Bertz CT molecular complexity index is 1300. The summed E-state index contributed by atoms with van der Waals surface area (Å²) < 4.78 is 11.9. The molecule has 3 aromatic carbocycles. The average molecular weight is 448 g/mol. The third-order valence-electron chi connectivity index (χ3n) is 4.78. The molecule has 4 aromatic rings. The van der Waals surface area contributed by atoms with Crippen molar-refractivity contribution in [3.05, 3.63) is 83.2 Å². The number of aromatic nitrogens is 2. The minimum Gasteiger partial charge on any atom is -0.497 e. The van der Waals surface area contributed by atoms with Gasteiger partial charge in [-0.1, -0.05) is 23.9 Å². The second-order valence-corrected chi connectivity index (χ2v) is 7.76. The van der Waals surface area contributed by atoms with Crippen LogP contribution in [0.15, 0.2) is 82.7 Å². The summed E-state index contributed by atoms with van der Waals surface area (Å²) in [5, 5.41) is 3.79. The Morgan fingerprint density at radius 1 is 0.938 bits per heavy atom. The lowest BCUT2D eigenvalue weighted by molar-refractivity contribution is -0.113. The highest BCUT2D eigenvalue weighted by Gasteiger charge is 2.15. The Kier molecular flexibility index (Phi) is 6.42. The fourth-order valence-corrected chi connectivity index (χ4v) is 3.98. The van der Waals surface area contributed by atoms with Gasteiger partial charge in [0.2, 0.25) is 5.91 Å². The molecule has 0 radical (unpaired) electrons. The first-order valence-electron chi connectivity index (χ1n) is 9.82. The van der Waals surface area contributed by atoms with Gasteiger partial charge in [0.25, 0.3) is 5.56 Å². The van der Waals surface area contributed by atoms with Gasteiger partial charge in [-0.3, -0.25) is 14.2 Å². The molecule has 8 heteroatoms. The molecule has 1 N–H and O–H groups in total. The Balaban J connectivity index is 1.62. The van der Waals surface area contributed by atoms with Crippen LogP contribution < -0.4 is 20.3 Å². The minimum atomic E-state index is -0.205. The van der Waals surface area contributed by atoms with Crippen molar-refractivity contribution in [2.24, 2.45) is 0 Å². The quantitative estimate of drug-likeness (QED) is 0.339. The number of hydrogen-bond donors (Lipinski definition) is 1. The number of hydrogen-bond acceptors (Lipinski definition) is 6. The van der Waals surface area contributed by atoms with Crippen LogP contribution in [-0.4, -0.2) is 35.4 Å². The van der Waals surface area contributed by atoms with E-state index in [2.05, 4.69) is 10.3 Å². The van der Waals surface area contributed by atoms with Crippen molar-refractivity contribution in [1.29, 1.82) is 0 Å². The molecule has 0 fully saturated rings. The molecule has 0 aliphatic carbocycles. The van der Waals surface area contributed by atoms with Gasteiger partial charge in [0, 0.05) is 5.69 Å². The standard InChI is InChI=1S/C24H21N3O4S/c1-30-18-11-7-16(8-12-18)25-22(28)15-32-24-26-21-6-4-3-5-20(21)23(29)27(24)17-9-13-19(31-2)14-10-17/h3-14H,15H2,1-2H3,(H,25,28). The number of thioether (sulfide) groups is 1. The van der Waals surface area contributed by atoms with Gasteiger partial charge in [0.15, 0.2) is 5.16 Å². The van der Waals surface area contributed by atoms with Crippen molar-refractivity contribution < 1.29 is 14.3 Å². The lowest BCUT2D eigenvalue weighted by atomic mass is 10.2. The van der Waals surface area contributed by atoms with Crippen LogP contribution in [0.5, 0.6) is 11.5 Å². The molecule has 1 aromatic heterocycles. The van der Waals surface area contributed by atoms with E-state index in [1.165, 1.54) is 16.3 Å². The zero-order valence-corrected chi connectivity index (χ0v) is 18.4. The molecule has 162 valence electrons. The van der Waals surface area contributed by atoms with Crippen molar-refractivity contribution in [2.45, 2.75) is 5.16 Å². The predicted octanol–water partition coefficient (Wildman–Crippen LogP) is 4.13. The molecule has 1 amide bonds. The maximum atomic E-state index is 13.3. The maximum Gasteiger partial charge on any atom is 0.266 e. The van der Waals surface area contributed by atoms with Gasteiger partial charge in [-0.15, -0.1) is 0 Å². The summed E-state index contributed by atoms with van der Waals surface area (Å²) in [6.07, 6.45) is 0. The van der Waals surface area contributed by atoms with Crippen LogP contribution in [0, 0.1) is 0 Å². The first-order chi connectivity index (χ1) is 15.6. The summed E-state index contributed by atoms with van der Waals surface area (Å²) in [5.41, 5.74) is 1.70. The zero-order chi connectivity index (χ0) is 22.5. The van der Waals surface area contributed by atoms with Crippen molar-refractivity contribution >= 4 is 34.3 Å². The fraction of sp³-hybridized carbons (Fsp3) is 0.125. The molecule has 0 atom stereocenters. The van der Waals surface area contributed by atoms with Gasteiger partial charge in [-0.05, 0) is 60.7 Å². The first-order valence-corrected chi connectivity index (χ1v) is 10.8. The third kappa shape index (κ3) is 4.60. The molecule has 0 saturated heterocycles. The number of carbonyl (C=O) groups excluding carboxylic acids is 1. The number of carbonyl (C=O) groups is 1. The van der Waals surface area contributed by atoms with E-state index in [1.807, 2.05) is 6.07 Å². The molecule has 32 heavy (non-hydrogen) atoms. The number of benzene rings is 3. The number of fused-ring (bicyclic) bond motifs is 1. The Morgan fingerprint density at radius 3 is 2.22 bits per heavy atom. The lowest BCUT2D eigenvalue weighted by Crippen LogP contribution is -2.23. The molecular formula is C24H21N3O4S. The van der Waals surface area contributed by atoms with Crippen LogP contribution in [0.3, 0.4) is 0 Å². The molecule has 7 nitrogen and oxygen atoms in total. The van der Waals surface area contributed by atoms with E-state index >= 15 is 0 Å². The Hall–Kier alpha value is -3.78. The van der Waals surface area contributed by atoms with Crippen LogP contribution in [0.2, 0.25) is 0 Å². The number of nitrogens with one attached hydrogen (secondary N) is 1. The number of rotatable bonds is 7. The van der Waals surface area contributed by atoms with Crippen molar-refractivity contribution in [1.82, 2.24) is 9.55 Å². The summed E-state index contributed by atoms with van der Waals surface area (Å²) >= 11 is 1.20. The van der Waals surface area contributed by atoms with E-state index in [0.29, 0.717) is 38.9 Å².